The van der Waals surface area contributed by atoms with Gasteiger partial charge < -0.3 is 0 Å². The van der Waals surface area contributed by atoms with Crippen molar-refractivity contribution in [3.63, 3.8) is 0 Å². The lowest BCUT2D eigenvalue weighted by atomic mass is 9.81. The molecule has 0 aliphatic carbocycles. The molecule has 0 heterocycles. The summed E-state index contributed by atoms with van der Waals surface area (Å²) < 4.78 is 0. The third-order valence-electron chi connectivity index (χ3n) is 3.07. The maximum absolute atomic E-state index is 11.4. The molecule has 6 heteroatoms. The molecule has 0 unspecified atom stereocenters. The van der Waals surface area contributed by atoms with E-state index in [1.54, 1.807) is 6.07 Å². The van der Waals surface area contributed by atoms with Gasteiger partial charge in [0.25, 0.3) is 5.69 Å². The summed E-state index contributed by atoms with van der Waals surface area (Å²) >= 11 is 0. The fourth-order valence-corrected chi connectivity index (χ4v) is 2.12. The molecule has 2 amide bonds. The topological polar surface area (TPSA) is 89.3 Å². The van der Waals surface area contributed by atoms with Crippen LogP contribution >= 0.6 is 0 Å². The van der Waals surface area contributed by atoms with Gasteiger partial charge in [-0.05, 0) is 29.9 Å². The summed E-state index contributed by atoms with van der Waals surface area (Å²) in [4.78, 5) is 31.9. The highest BCUT2D eigenvalue weighted by Gasteiger charge is 2.23. The monoisotopic (exact) mass is 278 g/mol. The Hall–Kier alpha value is -2.24. The van der Waals surface area contributed by atoms with Gasteiger partial charge in [0.05, 0.1) is 4.92 Å². The van der Waals surface area contributed by atoms with Crippen molar-refractivity contribution in [2.24, 2.45) is 5.41 Å². The number of aryl methyl sites for hydroxylation is 1. The average molecular weight is 278 g/mol. The molecule has 20 heavy (non-hydrogen) atoms. The van der Waals surface area contributed by atoms with Crippen LogP contribution in [0.15, 0.2) is 18.2 Å². The lowest BCUT2D eigenvalue weighted by Crippen LogP contribution is -2.29. The van der Waals surface area contributed by atoms with Gasteiger partial charge in [-0.25, -0.2) is 0 Å². The highest BCUT2D eigenvalue weighted by molar-refractivity contribution is 5.86. The molecule has 0 radical (unpaired) electrons. The Bertz CT molecular complexity index is 538. The van der Waals surface area contributed by atoms with Crippen molar-refractivity contribution in [2.45, 2.75) is 33.6 Å². The minimum absolute atomic E-state index is 0.0581. The Balaban J connectivity index is 2.84. The Labute approximate surface area is 117 Å². The van der Waals surface area contributed by atoms with Crippen LogP contribution in [0.25, 0.3) is 0 Å². The first-order valence-corrected chi connectivity index (χ1v) is 6.22. The third kappa shape index (κ3) is 4.46. The number of rotatable bonds is 6. The first-order valence-electron chi connectivity index (χ1n) is 6.22. The van der Waals surface area contributed by atoms with Crippen molar-refractivity contribution in [3.05, 3.63) is 39.4 Å². The maximum atomic E-state index is 11.4. The number of hydrogen-bond donors (Lipinski definition) is 1. The number of carbonyl (C=O) groups is 2. The second-order valence-corrected chi connectivity index (χ2v) is 5.57. The van der Waals surface area contributed by atoms with E-state index in [1.165, 1.54) is 12.1 Å². The van der Waals surface area contributed by atoms with Crippen LogP contribution in [0.1, 0.15) is 31.4 Å². The van der Waals surface area contributed by atoms with Crippen molar-refractivity contribution < 1.29 is 14.5 Å². The van der Waals surface area contributed by atoms with Crippen molar-refractivity contribution in [1.29, 1.82) is 0 Å². The molecule has 1 N–H and O–H groups in total. The molecular weight excluding hydrogens is 260 g/mol. The standard InChI is InChI=1S/C14H18N2O4/c1-10-6-12(16(19)20)5-4-11(10)7-14(2,3)8-13(18)15-9-17/h4-6,9H,7-8H2,1-3H3,(H,15,17,18). The van der Waals surface area contributed by atoms with Crippen LogP contribution in [0.3, 0.4) is 0 Å². The zero-order chi connectivity index (χ0) is 15.3. The van der Waals surface area contributed by atoms with Gasteiger partial charge in [0.15, 0.2) is 0 Å². The van der Waals surface area contributed by atoms with E-state index in [9.17, 15) is 19.7 Å². The number of carbonyl (C=O) groups excluding carboxylic acids is 2. The summed E-state index contributed by atoms with van der Waals surface area (Å²) in [5.74, 6) is -0.329. The number of nitrogens with one attached hydrogen (secondary N) is 1. The van der Waals surface area contributed by atoms with Gasteiger partial charge in [0, 0.05) is 18.6 Å². The summed E-state index contributed by atoms with van der Waals surface area (Å²) in [7, 11) is 0. The number of non-ortho nitro benzene ring substituents is 1. The summed E-state index contributed by atoms with van der Waals surface area (Å²) in [6.07, 6.45) is 1.18. The fourth-order valence-electron chi connectivity index (χ4n) is 2.12. The predicted molar refractivity (Wildman–Crippen MR) is 74.1 cm³/mol. The fraction of sp³-hybridized carbons (Fsp3) is 0.429. The Kier molecular flexibility index (Phi) is 4.96. The van der Waals surface area contributed by atoms with E-state index in [0.717, 1.165) is 11.1 Å². The van der Waals surface area contributed by atoms with E-state index >= 15 is 0 Å². The average Bonchev–Trinajstić information content (AvgIpc) is 2.30. The normalized spacial score (nSPS) is 10.9. The number of nitro groups is 1. The molecule has 0 saturated heterocycles. The zero-order valence-electron chi connectivity index (χ0n) is 11.8. The lowest BCUT2D eigenvalue weighted by Gasteiger charge is -2.24. The quantitative estimate of drug-likeness (QED) is 0.490. The smallest absolute Gasteiger partial charge is 0.269 e. The van der Waals surface area contributed by atoms with E-state index in [0.29, 0.717) is 12.8 Å². The molecule has 0 aliphatic rings. The van der Waals surface area contributed by atoms with Gasteiger partial charge in [0.2, 0.25) is 12.3 Å². The molecule has 1 aromatic carbocycles. The number of nitro benzene ring substituents is 1. The largest absolute Gasteiger partial charge is 0.299 e. The minimum Gasteiger partial charge on any atom is -0.299 e. The van der Waals surface area contributed by atoms with Gasteiger partial charge in [-0.2, -0.15) is 0 Å². The third-order valence-corrected chi connectivity index (χ3v) is 3.07. The van der Waals surface area contributed by atoms with E-state index in [4.69, 9.17) is 0 Å². The van der Waals surface area contributed by atoms with E-state index in [1.807, 2.05) is 20.8 Å². The number of nitrogens with zero attached hydrogens (tertiary/aromatic N) is 1. The van der Waals surface area contributed by atoms with Crippen LogP contribution < -0.4 is 5.32 Å². The number of hydrogen-bond acceptors (Lipinski definition) is 4. The van der Waals surface area contributed by atoms with Crippen molar-refractivity contribution in [1.82, 2.24) is 5.32 Å². The molecule has 0 aromatic heterocycles. The number of amides is 2. The minimum atomic E-state index is -0.431. The highest BCUT2D eigenvalue weighted by atomic mass is 16.6. The Morgan fingerprint density at radius 2 is 2.10 bits per heavy atom. The number of benzene rings is 1. The van der Waals surface area contributed by atoms with Crippen LogP contribution in [-0.4, -0.2) is 17.2 Å². The van der Waals surface area contributed by atoms with Gasteiger partial charge in [-0.1, -0.05) is 19.9 Å². The first-order chi connectivity index (χ1) is 9.25. The van der Waals surface area contributed by atoms with Gasteiger partial charge >= 0.3 is 0 Å². The van der Waals surface area contributed by atoms with Gasteiger partial charge in [0.1, 0.15) is 0 Å². The molecule has 1 aromatic rings. The van der Waals surface area contributed by atoms with Gasteiger partial charge in [-0.15, -0.1) is 0 Å². The molecule has 0 saturated carbocycles. The zero-order valence-corrected chi connectivity index (χ0v) is 11.8. The second-order valence-electron chi connectivity index (χ2n) is 5.57. The van der Waals surface area contributed by atoms with Crippen LogP contribution in [-0.2, 0) is 16.0 Å². The summed E-state index contributed by atoms with van der Waals surface area (Å²) in [5.41, 5.74) is 1.50. The molecule has 0 atom stereocenters. The van der Waals surface area contributed by atoms with E-state index < -0.39 is 4.92 Å². The summed E-state index contributed by atoms with van der Waals surface area (Å²) in [6, 6.07) is 4.70. The molecule has 6 nitrogen and oxygen atoms in total. The second kappa shape index (κ2) is 6.27. The SMILES string of the molecule is Cc1cc([N+](=O)[O-])ccc1CC(C)(C)CC(=O)NC=O. The summed E-state index contributed by atoms with van der Waals surface area (Å²) in [6.45, 7) is 5.64. The Morgan fingerprint density at radius 3 is 2.60 bits per heavy atom. The van der Waals surface area contributed by atoms with Crippen molar-refractivity contribution in [2.75, 3.05) is 0 Å². The highest BCUT2D eigenvalue weighted by Crippen LogP contribution is 2.28. The van der Waals surface area contributed by atoms with Crippen LogP contribution in [0.5, 0.6) is 0 Å². The lowest BCUT2D eigenvalue weighted by molar-refractivity contribution is -0.384. The molecule has 1 rings (SSSR count). The molecule has 108 valence electrons. The van der Waals surface area contributed by atoms with E-state index in [-0.39, 0.29) is 23.4 Å². The maximum Gasteiger partial charge on any atom is 0.269 e. The molecule has 0 fully saturated rings. The van der Waals surface area contributed by atoms with Crippen LogP contribution in [0.4, 0.5) is 5.69 Å². The molecule has 0 spiro atoms. The van der Waals surface area contributed by atoms with Crippen LogP contribution in [0.2, 0.25) is 0 Å². The van der Waals surface area contributed by atoms with Crippen LogP contribution in [0, 0.1) is 22.5 Å². The predicted octanol–water partition coefficient (Wildman–Crippen LogP) is 2.13. The molecule has 0 aliphatic heterocycles. The summed E-state index contributed by atoms with van der Waals surface area (Å²) in [5, 5.41) is 12.8. The Morgan fingerprint density at radius 1 is 1.45 bits per heavy atom. The van der Waals surface area contributed by atoms with Crippen molar-refractivity contribution >= 4 is 18.0 Å². The van der Waals surface area contributed by atoms with Crippen molar-refractivity contribution in [3.8, 4) is 0 Å². The first kappa shape index (κ1) is 15.8. The molecule has 0 bridgehead atoms. The van der Waals surface area contributed by atoms with Gasteiger partial charge in [-0.3, -0.25) is 25.0 Å². The molecular formula is C14H18N2O4. The number of imide groups is 1. The van der Waals surface area contributed by atoms with E-state index in [2.05, 4.69) is 5.32 Å².